The van der Waals surface area contributed by atoms with Crippen molar-refractivity contribution in [2.24, 2.45) is 0 Å². The lowest BCUT2D eigenvalue weighted by Gasteiger charge is -2.12. The third kappa shape index (κ3) is 9.28. The van der Waals surface area contributed by atoms with Gasteiger partial charge in [0.2, 0.25) is 10.6 Å². The van der Waals surface area contributed by atoms with E-state index in [4.69, 9.17) is 45.6 Å². The molecule has 0 spiro atoms. The van der Waals surface area contributed by atoms with Crippen molar-refractivity contribution in [2.75, 3.05) is 11.1 Å². The molecule has 184 valence electrons. The summed E-state index contributed by atoms with van der Waals surface area (Å²) < 4.78 is 0. The Bertz CT molecular complexity index is 1230. The number of nitrogens with one attached hydrogen (secondary N) is 1. The Hall–Kier alpha value is -3.01. The minimum Gasteiger partial charge on any atom is -0.398 e. The lowest BCUT2D eigenvalue weighted by molar-refractivity contribution is 0.282. The molecular weight excluding hydrogens is 511 g/mol. The van der Waals surface area contributed by atoms with Gasteiger partial charge in [0.1, 0.15) is 11.0 Å². The number of aliphatic hydroxyl groups is 2. The Kier molecular flexibility index (Phi) is 11.6. The van der Waals surface area contributed by atoms with Gasteiger partial charge in [-0.15, -0.1) is 0 Å². The predicted octanol–water partition coefficient (Wildman–Crippen LogP) is 5.53. The smallest absolute Gasteiger partial charge is 0.224 e. The van der Waals surface area contributed by atoms with Gasteiger partial charge in [0.15, 0.2) is 0 Å². The molecule has 0 amide bonds. The Morgan fingerprint density at radius 2 is 1.34 bits per heavy atom. The third-order valence-electron chi connectivity index (χ3n) is 4.59. The topological polar surface area (TPSA) is 130 Å². The van der Waals surface area contributed by atoms with Crippen molar-refractivity contribution >= 4 is 52.0 Å². The van der Waals surface area contributed by atoms with Crippen molar-refractivity contribution in [3.63, 3.8) is 0 Å². The van der Waals surface area contributed by atoms with Crippen LogP contribution in [-0.2, 0) is 13.2 Å². The number of nitrogens with two attached hydrogens (primary N) is 1. The quantitative estimate of drug-likeness (QED) is 0.152. The van der Waals surface area contributed by atoms with Gasteiger partial charge in [-0.2, -0.15) is 0 Å². The van der Waals surface area contributed by atoms with Gasteiger partial charge >= 0.3 is 0 Å². The molecule has 2 aromatic heterocycles. The highest BCUT2D eigenvalue weighted by molar-refractivity contribution is 6.31. The zero-order valence-electron chi connectivity index (χ0n) is 19.1. The monoisotopic (exact) mass is 534 g/mol. The Labute approximate surface area is 218 Å². The predicted molar refractivity (Wildman–Crippen MR) is 141 cm³/mol. The van der Waals surface area contributed by atoms with E-state index in [-0.39, 0.29) is 23.8 Å². The van der Waals surface area contributed by atoms with E-state index in [1.807, 2.05) is 50.2 Å². The maximum Gasteiger partial charge on any atom is 0.224 e. The molecule has 2 aromatic carbocycles. The van der Waals surface area contributed by atoms with E-state index in [1.165, 1.54) is 6.20 Å². The Balaban J connectivity index is 0.000000204. The van der Waals surface area contributed by atoms with Gasteiger partial charge in [-0.25, -0.2) is 19.9 Å². The van der Waals surface area contributed by atoms with Gasteiger partial charge in [0.25, 0.3) is 0 Å². The van der Waals surface area contributed by atoms with Crippen LogP contribution in [0.15, 0.2) is 60.9 Å². The van der Waals surface area contributed by atoms with E-state index >= 15 is 0 Å². The van der Waals surface area contributed by atoms with Crippen LogP contribution in [0.4, 0.5) is 17.2 Å². The molecule has 5 N–H and O–H groups in total. The maximum absolute atomic E-state index is 9.28. The number of aliphatic hydroxyl groups excluding tert-OH is 2. The third-order valence-corrected chi connectivity index (χ3v) is 5.16. The summed E-state index contributed by atoms with van der Waals surface area (Å²) in [6.45, 7) is 3.88. The van der Waals surface area contributed by atoms with Crippen molar-refractivity contribution < 1.29 is 10.2 Å². The lowest BCUT2D eigenvalue weighted by Crippen LogP contribution is -2.00. The molecule has 0 saturated heterocycles. The molecule has 0 aliphatic carbocycles. The first-order valence-electron chi connectivity index (χ1n) is 10.3. The summed E-state index contributed by atoms with van der Waals surface area (Å²) in [7, 11) is 0. The van der Waals surface area contributed by atoms with Gasteiger partial charge in [-0.1, -0.05) is 48.0 Å². The molecule has 4 aromatic rings. The zero-order chi connectivity index (χ0) is 25.8. The lowest BCUT2D eigenvalue weighted by atomic mass is 10.1. The summed E-state index contributed by atoms with van der Waals surface area (Å²) in [6.07, 6.45) is 3.08. The molecule has 0 bridgehead atoms. The number of hydrogen-bond donors (Lipinski definition) is 4. The molecule has 0 unspecified atom stereocenters. The molecule has 2 heterocycles. The molecule has 35 heavy (non-hydrogen) atoms. The first-order valence-corrected chi connectivity index (χ1v) is 11.4. The van der Waals surface area contributed by atoms with E-state index in [9.17, 15) is 5.11 Å². The number of nitrogens with zero attached hydrogens (tertiary/aromatic N) is 4. The largest absolute Gasteiger partial charge is 0.398 e. The summed E-state index contributed by atoms with van der Waals surface area (Å²) in [5, 5.41) is 21.9. The fourth-order valence-electron chi connectivity index (χ4n) is 2.77. The van der Waals surface area contributed by atoms with Crippen LogP contribution in [-0.4, -0.2) is 30.1 Å². The minimum atomic E-state index is -0.0250. The van der Waals surface area contributed by atoms with E-state index in [0.29, 0.717) is 16.7 Å². The van der Waals surface area contributed by atoms with Crippen molar-refractivity contribution in [1.29, 1.82) is 0 Å². The van der Waals surface area contributed by atoms with E-state index in [2.05, 4.69) is 25.3 Å². The highest BCUT2D eigenvalue weighted by atomic mass is 35.5. The molecule has 0 radical (unpaired) electrons. The molecule has 0 saturated carbocycles. The van der Waals surface area contributed by atoms with Crippen molar-refractivity contribution in [3.8, 4) is 0 Å². The average molecular weight is 536 g/mol. The Morgan fingerprint density at radius 1 is 0.771 bits per heavy atom. The second-order valence-corrected chi connectivity index (χ2v) is 8.12. The summed E-state index contributed by atoms with van der Waals surface area (Å²) in [6, 6.07) is 14.6. The number of rotatable bonds is 4. The Morgan fingerprint density at radius 3 is 1.86 bits per heavy atom. The second kappa shape index (κ2) is 14.4. The number of anilines is 3. The van der Waals surface area contributed by atoms with Crippen LogP contribution in [0.3, 0.4) is 0 Å². The van der Waals surface area contributed by atoms with Gasteiger partial charge in [0, 0.05) is 34.9 Å². The van der Waals surface area contributed by atoms with Crippen LogP contribution in [0.5, 0.6) is 0 Å². The summed E-state index contributed by atoms with van der Waals surface area (Å²) in [5.41, 5.74) is 10.9. The van der Waals surface area contributed by atoms with Crippen LogP contribution in [0, 0.1) is 13.8 Å². The fourth-order valence-corrected chi connectivity index (χ4v) is 3.24. The summed E-state index contributed by atoms with van der Waals surface area (Å²) in [5.74, 6) is 0.606. The number of para-hydroxylation sites is 2. The molecule has 0 aliphatic heterocycles. The SMILES string of the molecule is Cc1cccc(CO)c1N.Cc1cccc(CO)c1Nc1ccnc(Cl)n1.Clc1ccnc(Cl)n1. The molecule has 0 atom stereocenters. The number of benzene rings is 2. The van der Waals surface area contributed by atoms with Crippen LogP contribution < -0.4 is 11.1 Å². The van der Waals surface area contributed by atoms with Crippen LogP contribution >= 0.6 is 34.8 Å². The molecule has 0 aliphatic rings. The first kappa shape index (κ1) is 28.2. The first-order chi connectivity index (χ1) is 16.7. The molecule has 11 heteroatoms. The van der Waals surface area contributed by atoms with E-state index < -0.39 is 0 Å². The van der Waals surface area contributed by atoms with Crippen molar-refractivity contribution in [3.05, 3.63) is 98.9 Å². The standard InChI is InChI=1S/C12H12ClN3O.C8H11NO.C4H2Cl2N2/c1-8-3-2-4-9(7-17)11(8)15-10-5-6-14-12(13)16-10;1-6-3-2-4-7(5-10)8(6)9;5-3-1-2-7-4(6)8-3/h2-6,17H,7H2,1H3,(H,14,15,16);2-4,10H,5,9H2,1H3;1-2H. The van der Waals surface area contributed by atoms with E-state index in [1.54, 1.807) is 18.3 Å². The molecule has 0 fully saturated rings. The second-order valence-electron chi connectivity index (χ2n) is 7.06. The van der Waals surface area contributed by atoms with E-state index in [0.717, 1.165) is 27.9 Å². The molecule has 4 rings (SSSR count). The van der Waals surface area contributed by atoms with Gasteiger partial charge in [0.05, 0.1) is 13.2 Å². The zero-order valence-corrected chi connectivity index (χ0v) is 21.4. The average Bonchev–Trinajstić information content (AvgIpc) is 2.83. The number of hydrogen-bond acceptors (Lipinski definition) is 8. The summed E-state index contributed by atoms with van der Waals surface area (Å²) >= 11 is 16.5. The van der Waals surface area contributed by atoms with Crippen molar-refractivity contribution in [1.82, 2.24) is 19.9 Å². The van der Waals surface area contributed by atoms with Crippen LogP contribution in [0.25, 0.3) is 0 Å². The number of halogens is 3. The molecule has 8 nitrogen and oxygen atoms in total. The normalized spacial score (nSPS) is 9.91. The number of aryl methyl sites for hydroxylation is 2. The summed E-state index contributed by atoms with van der Waals surface area (Å²) in [4.78, 5) is 15.1. The minimum absolute atomic E-state index is 0.0213. The number of aromatic nitrogens is 4. The number of nitrogen functional groups attached to an aromatic ring is 1. The van der Waals surface area contributed by atoms with Crippen molar-refractivity contribution in [2.45, 2.75) is 27.1 Å². The van der Waals surface area contributed by atoms with Gasteiger partial charge < -0.3 is 21.3 Å². The van der Waals surface area contributed by atoms with Crippen LogP contribution in [0.1, 0.15) is 22.3 Å². The highest BCUT2D eigenvalue weighted by Crippen LogP contribution is 2.24. The van der Waals surface area contributed by atoms with Crippen LogP contribution in [0.2, 0.25) is 15.7 Å². The van der Waals surface area contributed by atoms with Gasteiger partial charge in [-0.05, 0) is 60.3 Å². The fraction of sp³-hybridized carbons (Fsp3) is 0.167. The highest BCUT2D eigenvalue weighted by Gasteiger charge is 2.06. The molecular formula is C24H25Cl3N6O2. The van der Waals surface area contributed by atoms with Gasteiger partial charge in [-0.3, -0.25) is 0 Å². The maximum atomic E-state index is 9.28.